The molecule has 2 amide bonds. The molecule has 1 aliphatic carbocycles. The summed E-state index contributed by atoms with van der Waals surface area (Å²) < 4.78 is 5.16. The Balaban J connectivity index is 2.29. The number of carboxylic acids is 1. The van der Waals surface area contributed by atoms with E-state index in [9.17, 15) is 9.59 Å². The van der Waals surface area contributed by atoms with Crippen LogP contribution in [-0.4, -0.2) is 54.9 Å². The Morgan fingerprint density at radius 2 is 2.22 bits per heavy atom. The summed E-state index contributed by atoms with van der Waals surface area (Å²) in [6.45, 7) is 3.54. The SMILES string of the molecule is CCOCCN(C)C(=O)NC1C=CC(C(=O)O)C1. The molecule has 0 saturated heterocycles. The number of amides is 2. The van der Waals surface area contributed by atoms with Gasteiger partial charge in [-0.1, -0.05) is 12.2 Å². The number of hydrogen-bond donors (Lipinski definition) is 2. The van der Waals surface area contributed by atoms with Crippen molar-refractivity contribution in [2.45, 2.75) is 19.4 Å². The minimum absolute atomic E-state index is 0.201. The minimum Gasteiger partial charge on any atom is -0.481 e. The van der Waals surface area contributed by atoms with Gasteiger partial charge < -0.3 is 20.1 Å². The van der Waals surface area contributed by atoms with Crippen molar-refractivity contribution in [1.82, 2.24) is 10.2 Å². The molecule has 0 aromatic rings. The van der Waals surface area contributed by atoms with E-state index >= 15 is 0 Å². The first-order valence-electron chi connectivity index (χ1n) is 6.05. The zero-order chi connectivity index (χ0) is 13.5. The van der Waals surface area contributed by atoms with Crippen LogP contribution in [0.3, 0.4) is 0 Å². The molecule has 102 valence electrons. The molecule has 2 N–H and O–H groups in total. The van der Waals surface area contributed by atoms with Gasteiger partial charge in [-0.3, -0.25) is 4.79 Å². The lowest BCUT2D eigenvalue weighted by atomic mass is 10.1. The number of carbonyl (C=O) groups is 2. The lowest BCUT2D eigenvalue weighted by Crippen LogP contribution is -2.43. The van der Waals surface area contributed by atoms with E-state index in [1.807, 2.05) is 6.92 Å². The molecule has 0 spiro atoms. The highest BCUT2D eigenvalue weighted by molar-refractivity contribution is 5.76. The number of carboxylic acid groups (broad SMARTS) is 1. The Morgan fingerprint density at radius 1 is 1.50 bits per heavy atom. The van der Waals surface area contributed by atoms with Crippen LogP contribution in [0.25, 0.3) is 0 Å². The standard InChI is InChI=1S/C12H20N2O4/c1-3-18-7-6-14(2)12(17)13-10-5-4-9(8-10)11(15)16/h4-5,9-10H,3,6-8H2,1-2H3,(H,13,17)(H,15,16). The molecule has 0 aliphatic heterocycles. The van der Waals surface area contributed by atoms with Gasteiger partial charge in [0.25, 0.3) is 0 Å². The second kappa shape index (κ2) is 7.00. The molecule has 6 nitrogen and oxygen atoms in total. The summed E-state index contributed by atoms with van der Waals surface area (Å²) in [6.07, 6.45) is 3.76. The number of urea groups is 1. The van der Waals surface area contributed by atoms with Crippen molar-refractivity contribution < 1.29 is 19.4 Å². The van der Waals surface area contributed by atoms with Crippen LogP contribution in [0.5, 0.6) is 0 Å². The highest BCUT2D eigenvalue weighted by Crippen LogP contribution is 2.17. The van der Waals surface area contributed by atoms with Crippen molar-refractivity contribution in [3.8, 4) is 0 Å². The average Bonchev–Trinajstić information content (AvgIpc) is 2.77. The largest absolute Gasteiger partial charge is 0.481 e. The molecule has 2 unspecified atom stereocenters. The van der Waals surface area contributed by atoms with E-state index in [1.54, 1.807) is 19.2 Å². The fourth-order valence-electron chi connectivity index (χ4n) is 1.71. The second-order valence-corrected chi connectivity index (χ2v) is 4.24. The average molecular weight is 256 g/mol. The van der Waals surface area contributed by atoms with E-state index < -0.39 is 11.9 Å². The maximum Gasteiger partial charge on any atom is 0.317 e. The number of nitrogens with zero attached hydrogens (tertiary/aromatic N) is 1. The van der Waals surface area contributed by atoms with E-state index in [-0.39, 0.29) is 12.1 Å². The number of carbonyl (C=O) groups excluding carboxylic acids is 1. The highest BCUT2D eigenvalue weighted by atomic mass is 16.5. The molecule has 0 heterocycles. The number of hydrogen-bond acceptors (Lipinski definition) is 3. The first-order chi connectivity index (χ1) is 8.54. The van der Waals surface area contributed by atoms with Gasteiger partial charge in [0.15, 0.2) is 0 Å². The van der Waals surface area contributed by atoms with E-state index in [0.29, 0.717) is 26.2 Å². The minimum atomic E-state index is -0.854. The number of aliphatic carboxylic acids is 1. The van der Waals surface area contributed by atoms with Crippen LogP contribution in [0.4, 0.5) is 4.79 Å². The molecular weight excluding hydrogens is 236 g/mol. The van der Waals surface area contributed by atoms with Gasteiger partial charge in [-0.05, 0) is 13.3 Å². The molecule has 0 radical (unpaired) electrons. The van der Waals surface area contributed by atoms with Gasteiger partial charge >= 0.3 is 12.0 Å². The number of rotatable bonds is 6. The van der Waals surface area contributed by atoms with Gasteiger partial charge in [0.2, 0.25) is 0 Å². The first-order valence-corrected chi connectivity index (χ1v) is 6.05. The van der Waals surface area contributed by atoms with Crippen molar-refractivity contribution >= 4 is 12.0 Å². The van der Waals surface area contributed by atoms with E-state index in [1.165, 1.54) is 4.90 Å². The molecule has 1 rings (SSSR count). The molecular formula is C12H20N2O4. The zero-order valence-electron chi connectivity index (χ0n) is 10.8. The van der Waals surface area contributed by atoms with Gasteiger partial charge in [0.1, 0.15) is 0 Å². The monoisotopic (exact) mass is 256 g/mol. The maximum absolute atomic E-state index is 11.7. The van der Waals surface area contributed by atoms with Crippen LogP contribution in [0, 0.1) is 5.92 Å². The molecule has 2 atom stereocenters. The summed E-state index contributed by atoms with van der Waals surface area (Å²) in [7, 11) is 1.68. The quantitative estimate of drug-likeness (QED) is 0.541. The fraction of sp³-hybridized carbons (Fsp3) is 0.667. The Hall–Kier alpha value is -1.56. The van der Waals surface area contributed by atoms with E-state index in [4.69, 9.17) is 9.84 Å². The fourth-order valence-corrected chi connectivity index (χ4v) is 1.71. The Morgan fingerprint density at radius 3 is 2.78 bits per heavy atom. The van der Waals surface area contributed by atoms with Gasteiger partial charge in [-0.2, -0.15) is 0 Å². The molecule has 0 fully saturated rings. The van der Waals surface area contributed by atoms with Gasteiger partial charge in [-0.25, -0.2) is 4.79 Å². The van der Waals surface area contributed by atoms with Crippen molar-refractivity contribution in [2.24, 2.45) is 5.92 Å². The summed E-state index contributed by atoms with van der Waals surface area (Å²) in [5, 5.41) is 11.6. The highest BCUT2D eigenvalue weighted by Gasteiger charge is 2.25. The Bertz CT molecular complexity index is 330. The third kappa shape index (κ3) is 4.37. The van der Waals surface area contributed by atoms with Crippen molar-refractivity contribution in [3.05, 3.63) is 12.2 Å². The second-order valence-electron chi connectivity index (χ2n) is 4.24. The van der Waals surface area contributed by atoms with Crippen molar-refractivity contribution in [1.29, 1.82) is 0 Å². The van der Waals surface area contributed by atoms with Crippen molar-refractivity contribution in [3.63, 3.8) is 0 Å². The molecule has 0 aromatic carbocycles. The lowest BCUT2D eigenvalue weighted by Gasteiger charge is -2.20. The smallest absolute Gasteiger partial charge is 0.317 e. The normalized spacial score (nSPS) is 21.9. The van der Waals surface area contributed by atoms with Crippen molar-refractivity contribution in [2.75, 3.05) is 26.8 Å². The van der Waals surface area contributed by atoms with Gasteiger partial charge in [0, 0.05) is 20.2 Å². The van der Waals surface area contributed by atoms with Gasteiger partial charge in [0.05, 0.1) is 18.6 Å². The van der Waals surface area contributed by atoms with E-state index in [2.05, 4.69) is 5.32 Å². The molecule has 6 heteroatoms. The summed E-state index contributed by atoms with van der Waals surface area (Å²) in [4.78, 5) is 24.0. The molecule has 18 heavy (non-hydrogen) atoms. The summed E-state index contributed by atoms with van der Waals surface area (Å²) in [5.74, 6) is -1.35. The number of ether oxygens (including phenoxy) is 1. The first kappa shape index (κ1) is 14.5. The molecule has 0 saturated carbocycles. The third-order valence-electron chi connectivity index (χ3n) is 2.83. The lowest BCUT2D eigenvalue weighted by molar-refractivity contribution is -0.140. The van der Waals surface area contributed by atoms with Gasteiger partial charge in [-0.15, -0.1) is 0 Å². The third-order valence-corrected chi connectivity index (χ3v) is 2.83. The Kier molecular flexibility index (Phi) is 5.64. The molecule has 0 bridgehead atoms. The van der Waals surface area contributed by atoms with Crippen LogP contribution in [-0.2, 0) is 9.53 Å². The Labute approximate surface area is 107 Å². The van der Waals surface area contributed by atoms with Crippen LogP contribution in [0.15, 0.2) is 12.2 Å². The summed E-state index contributed by atoms with van der Waals surface area (Å²) >= 11 is 0. The maximum atomic E-state index is 11.7. The van der Waals surface area contributed by atoms with E-state index in [0.717, 1.165) is 0 Å². The summed E-state index contributed by atoms with van der Waals surface area (Å²) in [5.41, 5.74) is 0. The predicted molar refractivity (Wildman–Crippen MR) is 66.3 cm³/mol. The van der Waals surface area contributed by atoms with Crippen LogP contribution >= 0.6 is 0 Å². The van der Waals surface area contributed by atoms with Crippen LogP contribution in [0.2, 0.25) is 0 Å². The zero-order valence-corrected chi connectivity index (χ0v) is 10.8. The van der Waals surface area contributed by atoms with Crippen LogP contribution in [0.1, 0.15) is 13.3 Å². The topological polar surface area (TPSA) is 78.9 Å². The summed E-state index contributed by atoms with van der Waals surface area (Å²) in [6, 6.07) is -0.413. The number of likely N-dealkylation sites (N-methyl/N-ethyl adjacent to an activating group) is 1. The molecule has 0 aromatic heterocycles. The predicted octanol–water partition coefficient (Wildman–Crippen LogP) is 0.694. The van der Waals surface area contributed by atoms with Crippen LogP contribution < -0.4 is 5.32 Å². The molecule has 1 aliphatic rings. The number of nitrogens with one attached hydrogen (secondary N) is 1.